The highest BCUT2D eigenvalue weighted by Crippen LogP contribution is 2.22. The Labute approximate surface area is 129 Å². The van der Waals surface area contributed by atoms with Crippen LogP contribution in [0.1, 0.15) is 18.9 Å². The van der Waals surface area contributed by atoms with Gasteiger partial charge in [-0.25, -0.2) is 8.42 Å². The van der Waals surface area contributed by atoms with E-state index in [1.54, 1.807) is 16.4 Å². The molecule has 1 saturated heterocycles. The van der Waals surface area contributed by atoms with Crippen LogP contribution in [0, 0.1) is 0 Å². The molecule has 0 aliphatic carbocycles. The molecule has 6 heteroatoms. The van der Waals surface area contributed by atoms with Gasteiger partial charge in [0, 0.05) is 11.9 Å². The number of rotatable bonds is 5. The molecule has 1 unspecified atom stereocenters. The van der Waals surface area contributed by atoms with E-state index in [2.05, 4.69) is 22.9 Å². The fourth-order valence-electron chi connectivity index (χ4n) is 2.33. The fraction of sp³-hybridized carbons (Fsp3) is 0.571. The van der Waals surface area contributed by atoms with E-state index in [-0.39, 0.29) is 6.04 Å². The summed E-state index contributed by atoms with van der Waals surface area (Å²) >= 11 is 3.36. The van der Waals surface area contributed by atoms with Gasteiger partial charge in [0.05, 0.1) is 24.2 Å². The zero-order valence-electron chi connectivity index (χ0n) is 11.6. The third-order valence-electron chi connectivity index (χ3n) is 3.42. The second kappa shape index (κ2) is 7.02. The first-order valence-electron chi connectivity index (χ1n) is 6.84. The van der Waals surface area contributed by atoms with E-state index < -0.39 is 10.0 Å². The molecular weight excluding hydrogens is 342 g/mol. The molecule has 1 aromatic rings. The maximum Gasteiger partial charge on any atom is 0.243 e. The van der Waals surface area contributed by atoms with Crippen molar-refractivity contribution < 1.29 is 13.2 Å². The van der Waals surface area contributed by atoms with Crippen molar-refractivity contribution in [2.45, 2.75) is 30.7 Å². The van der Waals surface area contributed by atoms with Gasteiger partial charge in [0.1, 0.15) is 0 Å². The van der Waals surface area contributed by atoms with E-state index in [1.165, 1.54) is 5.56 Å². The Bertz CT molecular complexity index is 530. The Morgan fingerprint density at radius 2 is 2.05 bits per heavy atom. The minimum atomic E-state index is -3.43. The number of hydrogen-bond acceptors (Lipinski definition) is 3. The van der Waals surface area contributed by atoms with Gasteiger partial charge in [-0.15, -0.1) is 0 Å². The number of alkyl halides is 1. The number of morpholine rings is 1. The van der Waals surface area contributed by atoms with Crippen LogP contribution in [0.5, 0.6) is 0 Å². The summed E-state index contributed by atoms with van der Waals surface area (Å²) in [5, 5.41) is 0.583. The normalized spacial score (nSPS) is 21.0. The molecule has 1 aromatic carbocycles. The Hall–Kier alpha value is -0.430. The maximum absolute atomic E-state index is 12.7. The van der Waals surface area contributed by atoms with E-state index in [9.17, 15) is 8.42 Å². The van der Waals surface area contributed by atoms with Gasteiger partial charge in [0.25, 0.3) is 0 Å². The van der Waals surface area contributed by atoms with E-state index in [0.717, 1.165) is 12.8 Å². The summed E-state index contributed by atoms with van der Waals surface area (Å²) in [4.78, 5) is 0.366. The molecule has 2 rings (SSSR count). The van der Waals surface area contributed by atoms with Crippen molar-refractivity contribution in [2.75, 3.05) is 25.1 Å². The Morgan fingerprint density at radius 1 is 1.35 bits per heavy atom. The molecule has 4 nitrogen and oxygen atoms in total. The van der Waals surface area contributed by atoms with Crippen molar-refractivity contribution >= 4 is 26.0 Å². The molecule has 1 aliphatic rings. The number of hydrogen-bond donors (Lipinski definition) is 0. The van der Waals surface area contributed by atoms with Gasteiger partial charge in [0.15, 0.2) is 0 Å². The number of halogens is 1. The third kappa shape index (κ3) is 3.42. The minimum Gasteiger partial charge on any atom is -0.378 e. The number of nitrogens with zero attached hydrogens (tertiary/aromatic N) is 1. The van der Waals surface area contributed by atoms with Crippen molar-refractivity contribution in [2.24, 2.45) is 0 Å². The summed E-state index contributed by atoms with van der Waals surface area (Å²) in [5.74, 6) is 0. The van der Waals surface area contributed by atoms with Crippen LogP contribution in [-0.4, -0.2) is 43.9 Å². The average molecular weight is 362 g/mol. The monoisotopic (exact) mass is 361 g/mol. The highest BCUT2D eigenvalue weighted by molar-refractivity contribution is 9.09. The number of ether oxygens (including phenoxy) is 1. The molecule has 0 N–H and O–H groups in total. The summed E-state index contributed by atoms with van der Waals surface area (Å²) in [6, 6.07) is 7.09. The van der Waals surface area contributed by atoms with Gasteiger partial charge in [-0.3, -0.25) is 0 Å². The Morgan fingerprint density at radius 3 is 2.65 bits per heavy atom. The van der Waals surface area contributed by atoms with Crippen LogP contribution in [0.3, 0.4) is 0 Å². The second-order valence-corrected chi connectivity index (χ2v) is 7.43. The van der Waals surface area contributed by atoms with Gasteiger partial charge in [0.2, 0.25) is 10.0 Å². The first kappa shape index (κ1) is 15.9. The van der Waals surface area contributed by atoms with E-state index in [0.29, 0.717) is 30.0 Å². The fourth-order valence-corrected chi connectivity index (χ4v) is 4.65. The molecule has 0 saturated carbocycles. The van der Waals surface area contributed by atoms with E-state index in [1.807, 2.05) is 12.1 Å². The molecule has 0 bridgehead atoms. The highest BCUT2D eigenvalue weighted by Gasteiger charge is 2.33. The lowest BCUT2D eigenvalue weighted by Gasteiger charge is -2.33. The largest absolute Gasteiger partial charge is 0.378 e. The molecule has 20 heavy (non-hydrogen) atoms. The third-order valence-corrected chi connectivity index (χ3v) is 6.13. The molecule has 1 heterocycles. The minimum absolute atomic E-state index is 0.135. The van der Waals surface area contributed by atoms with Gasteiger partial charge >= 0.3 is 0 Å². The standard InChI is InChI=1S/C14H20BrNO3S/c1-2-3-12-4-6-14(7-5-12)20(17,18)16-8-9-19-11-13(16)10-15/h4-7,13H,2-3,8-11H2,1H3. The molecule has 0 aromatic heterocycles. The van der Waals surface area contributed by atoms with Crippen molar-refractivity contribution in [1.29, 1.82) is 0 Å². The number of sulfonamides is 1. The van der Waals surface area contributed by atoms with Gasteiger partial charge in [-0.1, -0.05) is 41.4 Å². The number of benzene rings is 1. The summed E-state index contributed by atoms with van der Waals surface area (Å²) in [5.41, 5.74) is 1.17. The SMILES string of the molecule is CCCc1ccc(S(=O)(=O)N2CCOCC2CBr)cc1. The van der Waals surface area contributed by atoms with Crippen LogP contribution in [0.15, 0.2) is 29.2 Å². The van der Waals surface area contributed by atoms with Crippen LogP contribution in [0.2, 0.25) is 0 Å². The lowest BCUT2D eigenvalue weighted by atomic mass is 10.1. The highest BCUT2D eigenvalue weighted by atomic mass is 79.9. The molecule has 1 aliphatic heterocycles. The van der Waals surface area contributed by atoms with Gasteiger partial charge < -0.3 is 4.74 Å². The van der Waals surface area contributed by atoms with Crippen LogP contribution >= 0.6 is 15.9 Å². The van der Waals surface area contributed by atoms with E-state index >= 15 is 0 Å². The zero-order chi connectivity index (χ0) is 14.6. The van der Waals surface area contributed by atoms with Crippen LogP contribution in [-0.2, 0) is 21.2 Å². The lowest BCUT2D eigenvalue weighted by Crippen LogP contribution is -2.49. The predicted octanol–water partition coefficient (Wildman–Crippen LogP) is 2.42. The van der Waals surface area contributed by atoms with Gasteiger partial charge in [-0.2, -0.15) is 4.31 Å². The zero-order valence-corrected chi connectivity index (χ0v) is 14.0. The average Bonchev–Trinajstić information content (AvgIpc) is 2.48. The summed E-state index contributed by atoms with van der Waals surface area (Å²) in [7, 11) is -3.43. The molecule has 0 spiro atoms. The first-order chi connectivity index (χ1) is 9.59. The van der Waals surface area contributed by atoms with Crippen molar-refractivity contribution in [3.05, 3.63) is 29.8 Å². The van der Waals surface area contributed by atoms with Gasteiger partial charge in [-0.05, 0) is 24.1 Å². The lowest BCUT2D eigenvalue weighted by molar-refractivity contribution is 0.0413. The molecular formula is C14H20BrNO3S. The number of aryl methyl sites for hydroxylation is 1. The van der Waals surface area contributed by atoms with E-state index in [4.69, 9.17) is 4.74 Å². The van der Waals surface area contributed by atoms with Crippen LogP contribution in [0.25, 0.3) is 0 Å². The first-order valence-corrected chi connectivity index (χ1v) is 9.40. The van der Waals surface area contributed by atoms with Crippen LogP contribution in [0.4, 0.5) is 0 Å². The molecule has 0 amide bonds. The second-order valence-electron chi connectivity index (χ2n) is 4.89. The summed E-state index contributed by atoms with van der Waals surface area (Å²) in [6.45, 7) is 3.42. The molecule has 0 radical (unpaired) electrons. The van der Waals surface area contributed by atoms with Crippen molar-refractivity contribution in [1.82, 2.24) is 4.31 Å². The predicted molar refractivity (Wildman–Crippen MR) is 82.7 cm³/mol. The van der Waals surface area contributed by atoms with Crippen molar-refractivity contribution in [3.63, 3.8) is 0 Å². The topological polar surface area (TPSA) is 46.6 Å². The summed E-state index contributed by atoms with van der Waals surface area (Å²) in [6.07, 6.45) is 2.03. The Balaban J connectivity index is 2.24. The van der Waals surface area contributed by atoms with Crippen LogP contribution < -0.4 is 0 Å². The maximum atomic E-state index is 12.7. The smallest absolute Gasteiger partial charge is 0.243 e. The molecule has 1 fully saturated rings. The molecule has 1 atom stereocenters. The van der Waals surface area contributed by atoms with Crippen molar-refractivity contribution in [3.8, 4) is 0 Å². The Kier molecular flexibility index (Phi) is 5.60. The summed E-state index contributed by atoms with van der Waals surface area (Å²) < 4.78 is 32.2. The quantitative estimate of drug-likeness (QED) is 0.756. The molecule has 112 valence electrons.